The number of hydrogen-bond donors (Lipinski definition) is 1. The first-order chi connectivity index (χ1) is 10.5. The number of nitrogens with one attached hydrogen (secondary N) is 1. The predicted molar refractivity (Wildman–Crippen MR) is 85.7 cm³/mol. The van der Waals surface area contributed by atoms with Crippen LogP contribution in [0.2, 0.25) is 5.02 Å². The highest BCUT2D eigenvalue weighted by atomic mass is 35.5. The van der Waals surface area contributed by atoms with E-state index in [2.05, 4.69) is 0 Å². The smallest absolute Gasteiger partial charge is 0.279 e. The van der Waals surface area contributed by atoms with Crippen LogP contribution in [0.4, 0.5) is 16.2 Å². The predicted octanol–water partition coefficient (Wildman–Crippen LogP) is 3.60. The summed E-state index contributed by atoms with van der Waals surface area (Å²) in [6, 6.07) is 12.9. The Labute approximate surface area is 132 Å². The number of para-hydroxylation sites is 1. The molecule has 2 aromatic rings. The van der Waals surface area contributed by atoms with Crippen LogP contribution in [0.15, 0.2) is 48.5 Å². The molecule has 1 fully saturated rings. The molecule has 0 unspecified atom stereocenters. The van der Waals surface area contributed by atoms with Gasteiger partial charge in [0.25, 0.3) is 0 Å². The SMILES string of the molecule is Cc1cc(Cl)ccc1N1C(=N)C(=O)N(c2ccccc2)C1=O. The molecule has 0 aliphatic carbocycles. The molecular weight excluding hydrogens is 302 g/mol. The lowest BCUT2D eigenvalue weighted by Crippen LogP contribution is -2.33. The van der Waals surface area contributed by atoms with Crippen molar-refractivity contribution in [1.29, 1.82) is 5.41 Å². The summed E-state index contributed by atoms with van der Waals surface area (Å²) in [5, 5.41) is 8.52. The molecule has 0 bridgehead atoms. The van der Waals surface area contributed by atoms with Gasteiger partial charge in [-0.2, -0.15) is 0 Å². The zero-order chi connectivity index (χ0) is 15.9. The fourth-order valence-electron chi connectivity index (χ4n) is 2.38. The van der Waals surface area contributed by atoms with Gasteiger partial charge in [-0.15, -0.1) is 0 Å². The molecule has 0 saturated carbocycles. The number of amidine groups is 1. The molecule has 0 spiro atoms. The summed E-state index contributed by atoms with van der Waals surface area (Å²) in [6.07, 6.45) is 0. The molecular formula is C16H12ClN3O2. The number of hydrogen-bond acceptors (Lipinski definition) is 3. The highest BCUT2D eigenvalue weighted by Gasteiger charge is 2.43. The second-order valence-electron chi connectivity index (χ2n) is 4.87. The Bertz CT molecular complexity index is 789. The van der Waals surface area contributed by atoms with Crippen LogP contribution in [0.1, 0.15) is 5.56 Å². The van der Waals surface area contributed by atoms with Crippen molar-refractivity contribution in [1.82, 2.24) is 0 Å². The topological polar surface area (TPSA) is 64.5 Å². The number of halogens is 1. The summed E-state index contributed by atoms with van der Waals surface area (Å²) in [6.45, 7) is 1.78. The van der Waals surface area contributed by atoms with Gasteiger partial charge in [-0.25, -0.2) is 14.6 Å². The van der Waals surface area contributed by atoms with Gasteiger partial charge in [0, 0.05) is 5.02 Å². The number of anilines is 2. The van der Waals surface area contributed by atoms with E-state index in [9.17, 15) is 9.59 Å². The minimum absolute atomic E-state index is 0.376. The third-order valence-corrected chi connectivity index (χ3v) is 3.66. The lowest BCUT2D eigenvalue weighted by molar-refractivity contribution is -0.111. The van der Waals surface area contributed by atoms with E-state index in [1.165, 1.54) is 0 Å². The third kappa shape index (κ3) is 2.16. The van der Waals surface area contributed by atoms with E-state index in [0.29, 0.717) is 22.0 Å². The number of urea groups is 1. The Hall–Kier alpha value is -2.66. The van der Waals surface area contributed by atoms with E-state index in [4.69, 9.17) is 17.0 Å². The lowest BCUT2D eigenvalue weighted by Gasteiger charge is -2.18. The normalized spacial score (nSPS) is 14.9. The van der Waals surface area contributed by atoms with E-state index in [1.54, 1.807) is 55.5 Å². The van der Waals surface area contributed by atoms with Gasteiger partial charge in [0.15, 0.2) is 0 Å². The molecule has 6 heteroatoms. The first-order valence-corrected chi connectivity index (χ1v) is 6.97. The molecule has 2 aromatic carbocycles. The molecule has 1 N–H and O–H groups in total. The first-order valence-electron chi connectivity index (χ1n) is 6.59. The molecule has 1 aliphatic heterocycles. The summed E-state index contributed by atoms with van der Waals surface area (Å²) < 4.78 is 0. The minimum atomic E-state index is -0.648. The fraction of sp³-hybridized carbons (Fsp3) is 0.0625. The monoisotopic (exact) mass is 313 g/mol. The summed E-state index contributed by atoms with van der Waals surface area (Å²) in [7, 11) is 0. The summed E-state index contributed by atoms with van der Waals surface area (Å²) in [4.78, 5) is 27.0. The first kappa shape index (κ1) is 14.3. The van der Waals surface area contributed by atoms with Gasteiger partial charge in [0.1, 0.15) is 0 Å². The van der Waals surface area contributed by atoms with Crippen LogP contribution in [-0.2, 0) is 4.79 Å². The largest absolute Gasteiger partial charge is 0.342 e. The molecule has 110 valence electrons. The molecule has 1 aliphatic rings. The Morgan fingerprint density at radius 1 is 1.00 bits per heavy atom. The molecule has 0 atom stereocenters. The number of amides is 3. The van der Waals surface area contributed by atoms with E-state index < -0.39 is 11.9 Å². The van der Waals surface area contributed by atoms with Crippen molar-refractivity contribution < 1.29 is 9.59 Å². The Morgan fingerprint density at radius 3 is 2.32 bits per heavy atom. The van der Waals surface area contributed by atoms with Gasteiger partial charge in [0.05, 0.1) is 11.4 Å². The average molecular weight is 314 g/mol. The second kappa shape index (κ2) is 5.27. The van der Waals surface area contributed by atoms with E-state index in [1.807, 2.05) is 0 Å². The minimum Gasteiger partial charge on any atom is -0.279 e. The van der Waals surface area contributed by atoms with Crippen molar-refractivity contribution in [3.8, 4) is 0 Å². The van der Waals surface area contributed by atoms with Crippen molar-refractivity contribution in [3.05, 3.63) is 59.1 Å². The maximum Gasteiger partial charge on any atom is 0.342 e. The number of nitrogens with zero attached hydrogens (tertiary/aromatic N) is 2. The Morgan fingerprint density at radius 2 is 1.68 bits per heavy atom. The van der Waals surface area contributed by atoms with Crippen LogP contribution in [0.25, 0.3) is 0 Å². The Kier molecular flexibility index (Phi) is 3.42. The van der Waals surface area contributed by atoms with E-state index in [0.717, 1.165) is 9.80 Å². The molecule has 1 saturated heterocycles. The fourth-order valence-corrected chi connectivity index (χ4v) is 2.61. The highest BCUT2D eigenvalue weighted by Crippen LogP contribution is 2.30. The quantitative estimate of drug-likeness (QED) is 0.861. The average Bonchev–Trinajstić information content (AvgIpc) is 2.71. The van der Waals surface area contributed by atoms with Crippen LogP contribution in [0.3, 0.4) is 0 Å². The van der Waals surface area contributed by atoms with Crippen LogP contribution in [-0.4, -0.2) is 17.8 Å². The molecule has 0 aromatic heterocycles. The number of benzene rings is 2. The Balaban J connectivity index is 2.06. The molecule has 3 amide bonds. The van der Waals surface area contributed by atoms with Crippen molar-refractivity contribution in [2.75, 3.05) is 9.80 Å². The summed E-state index contributed by atoms with van der Waals surface area (Å²) in [5.41, 5.74) is 1.64. The van der Waals surface area contributed by atoms with Gasteiger partial charge in [-0.05, 0) is 42.8 Å². The highest BCUT2D eigenvalue weighted by molar-refractivity contribution is 6.61. The summed E-state index contributed by atoms with van der Waals surface area (Å²) >= 11 is 5.92. The van der Waals surface area contributed by atoms with Gasteiger partial charge in [-0.3, -0.25) is 10.2 Å². The number of aryl methyl sites for hydroxylation is 1. The lowest BCUT2D eigenvalue weighted by atomic mass is 10.2. The molecule has 0 radical (unpaired) electrons. The van der Waals surface area contributed by atoms with Crippen molar-refractivity contribution in [2.45, 2.75) is 6.92 Å². The summed E-state index contributed by atoms with van der Waals surface area (Å²) in [5.74, 6) is -1.02. The molecule has 1 heterocycles. The number of carbonyl (C=O) groups excluding carboxylic acids is 2. The maximum atomic E-state index is 12.6. The zero-order valence-electron chi connectivity index (χ0n) is 11.7. The van der Waals surface area contributed by atoms with Crippen LogP contribution in [0, 0.1) is 12.3 Å². The van der Waals surface area contributed by atoms with Gasteiger partial charge < -0.3 is 0 Å². The number of carbonyl (C=O) groups is 2. The molecule has 22 heavy (non-hydrogen) atoms. The van der Waals surface area contributed by atoms with Gasteiger partial charge in [-0.1, -0.05) is 29.8 Å². The van der Waals surface area contributed by atoms with Crippen molar-refractivity contribution in [2.24, 2.45) is 0 Å². The second-order valence-corrected chi connectivity index (χ2v) is 5.31. The third-order valence-electron chi connectivity index (χ3n) is 3.43. The van der Waals surface area contributed by atoms with Crippen LogP contribution < -0.4 is 9.80 Å². The van der Waals surface area contributed by atoms with Crippen LogP contribution in [0.5, 0.6) is 0 Å². The van der Waals surface area contributed by atoms with Crippen molar-refractivity contribution >= 4 is 40.7 Å². The molecule has 3 rings (SSSR count). The van der Waals surface area contributed by atoms with E-state index in [-0.39, 0.29) is 5.84 Å². The van der Waals surface area contributed by atoms with E-state index >= 15 is 0 Å². The van der Waals surface area contributed by atoms with Crippen LogP contribution >= 0.6 is 11.6 Å². The van der Waals surface area contributed by atoms with Gasteiger partial charge >= 0.3 is 11.9 Å². The molecule has 5 nitrogen and oxygen atoms in total. The zero-order valence-corrected chi connectivity index (χ0v) is 12.5. The standard InChI is InChI=1S/C16H12ClN3O2/c1-10-9-11(17)7-8-13(10)20-14(18)15(21)19(16(20)22)12-5-3-2-4-6-12/h2-9,18H,1H3. The maximum absolute atomic E-state index is 12.6. The van der Waals surface area contributed by atoms with Gasteiger partial charge in [0.2, 0.25) is 5.84 Å². The van der Waals surface area contributed by atoms with Crippen molar-refractivity contribution in [3.63, 3.8) is 0 Å². The number of imide groups is 1. The number of rotatable bonds is 2.